The lowest BCUT2D eigenvalue weighted by molar-refractivity contribution is -0.139. The van der Waals surface area contributed by atoms with Crippen LogP contribution in [0.2, 0.25) is 0 Å². The van der Waals surface area contributed by atoms with Gasteiger partial charge in [-0.2, -0.15) is 0 Å². The molecule has 0 heterocycles. The number of nitrogens with one attached hydrogen (secondary N) is 1. The van der Waals surface area contributed by atoms with E-state index in [0.29, 0.717) is 6.42 Å². The summed E-state index contributed by atoms with van der Waals surface area (Å²) in [6.07, 6.45) is 1.93. The number of urea groups is 1. The summed E-state index contributed by atoms with van der Waals surface area (Å²) < 4.78 is 0. The number of aliphatic hydroxyl groups is 1. The molecule has 0 rings (SSSR count). The Kier molecular flexibility index (Phi) is 8.96. The van der Waals surface area contributed by atoms with Crippen LogP contribution >= 0.6 is 0 Å². The average molecular weight is 288 g/mol. The van der Waals surface area contributed by atoms with Crippen LogP contribution < -0.4 is 5.32 Å². The molecule has 2 amide bonds. The van der Waals surface area contributed by atoms with Crippen molar-refractivity contribution in [2.24, 2.45) is 5.92 Å². The largest absolute Gasteiger partial charge is 0.480 e. The minimum Gasteiger partial charge on any atom is -0.480 e. The molecule has 0 saturated carbocycles. The fourth-order valence-electron chi connectivity index (χ4n) is 2.21. The van der Waals surface area contributed by atoms with Crippen LogP contribution in [0, 0.1) is 5.92 Å². The van der Waals surface area contributed by atoms with Crippen molar-refractivity contribution in [2.75, 3.05) is 13.2 Å². The number of nitrogens with zero attached hydrogens (tertiary/aromatic N) is 1. The van der Waals surface area contributed by atoms with Gasteiger partial charge in [-0.3, -0.25) is 0 Å². The Morgan fingerprint density at radius 1 is 1.20 bits per heavy atom. The van der Waals surface area contributed by atoms with Gasteiger partial charge in [0, 0.05) is 12.6 Å². The Hall–Kier alpha value is -1.30. The third-order valence-electron chi connectivity index (χ3n) is 3.29. The summed E-state index contributed by atoms with van der Waals surface area (Å²) in [5.41, 5.74) is 0. The van der Waals surface area contributed by atoms with Crippen molar-refractivity contribution in [3.05, 3.63) is 0 Å². The lowest BCUT2D eigenvalue weighted by atomic mass is 10.0. The van der Waals surface area contributed by atoms with Gasteiger partial charge in [0.25, 0.3) is 0 Å². The maximum Gasteiger partial charge on any atom is 0.326 e. The van der Waals surface area contributed by atoms with Gasteiger partial charge in [-0.15, -0.1) is 0 Å². The number of carbonyl (C=O) groups excluding carboxylic acids is 1. The van der Waals surface area contributed by atoms with Gasteiger partial charge in [0.05, 0.1) is 6.61 Å². The lowest BCUT2D eigenvalue weighted by Crippen LogP contribution is -2.52. The molecule has 3 N–H and O–H groups in total. The van der Waals surface area contributed by atoms with Gasteiger partial charge < -0.3 is 20.4 Å². The Morgan fingerprint density at radius 3 is 2.10 bits per heavy atom. The Morgan fingerprint density at radius 2 is 1.75 bits per heavy atom. The predicted octanol–water partition coefficient (Wildman–Crippen LogP) is 1.68. The van der Waals surface area contributed by atoms with Crippen LogP contribution in [0.3, 0.4) is 0 Å². The number of aliphatic carboxylic acids is 1. The number of aliphatic hydroxyl groups excluding tert-OH is 1. The topological polar surface area (TPSA) is 89.9 Å². The molecule has 0 aromatic rings. The van der Waals surface area contributed by atoms with Crippen molar-refractivity contribution < 1.29 is 19.8 Å². The highest BCUT2D eigenvalue weighted by Gasteiger charge is 2.26. The smallest absolute Gasteiger partial charge is 0.326 e. The van der Waals surface area contributed by atoms with Gasteiger partial charge in [0.1, 0.15) is 6.04 Å². The maximum atomic E-state index is 12.2. The van der Waals surface area contributed by atoms with Crippen molar-refractivity contribution in [1.29, 1.82) is 0 Å². The summed E-state index contributed by atoms with van der Waals surface area (Å²) in [4.78, 5) is 24.9. The van der Waals surface area contributed by atoms with Crippen molar-refractivity contribution in [1.82, 2.24) is 10.2 Å². The van der Waals surface area contributed by atoms with Crippen LogP contribution in [-0.4, -0.2) is 52.3 Å². The van der Waals surface area contributed by atoms with Crippen molar-refractivity contribution in [3.8, 4) is 0 Å². The minimum atomic E-state index is -1.03. The molecule has 6 nitrogen and oxygen atoms in total. The predicted molar refractivity (Wildman–Crippen MR) is 77.6 cm³/mol. The summed E-state index contributed by atoms with van der Waals surface area (Å²) in [7, 11) is 0. The van der Waals surface area contributed by atoms with Gasteiger partial charge in [-0.1, -0.05) is 27.7 Å². The van der Waals surface area contributed by atoms with Gasteiger partial charge in [-0.25, -0.2) is 9.59 Å². The molecule has 20 heavy (non-hydrogen) atoms. The second-order valence-corrected chi connectivity index (χ2v) is 5.36. The first-order valence-corrected chi connectivity index (χ1v) is 7.28. The quantitative estimate of drug-likeness (QED) is 0.602. The Bertz CT molecular complexity index is 304. The van der Waals surface area contributed by atoms with Gasteiger partial charge in [0.15, 0.2) is 0 Å². The van der Waals surface area contributed by atoms with Crippen LogP contribution in [0.1, 0.15) is 47.0 Å². The van der Waals surface area contributed by atoms with E-state index in [4.69, 9.17) is 10.2 Å². The monoisotopic (exact) mass is 288 g/mol. The van der Waals surface area contributed by atoms with E-state index in [-0.39, 0.29) is 25.1 Å². The molecule has 0 aromatic heterocycles. The molecule has 0 fully saturated rings. The molecule has 0 spiro atoms. The molecule has 1 atom stereocenters. The van der Waals surface area contributed by atoms with Crippen molar-refractivity contribution >= 4 is 12.0 Å². The number of hydrogen-bond acceptors (Lipinski definition) is 3. The van der Waals surface area contributed by atoms with E-state index in [1.165, 1.54) is 4.90 Å². The SMILES string of the molecule is CCC(CC)N(CCO)C(=O)N[C@H](CC(C)C)C(=O)O. The minimum absolute atomic E-state index is 0.00986. The van der Waals surface area contributed by atoms with Crippen LogP contribution in [0.4, 0.5) is 4.79 Å². The summed E-state index contributed by atoms with van der Waals surface area (Å²) in [5.74, 6) is -0.851. The third kappa shape index (κ3) is 6.23. The van der Waals surface area contributed by atoms with Crippen molar-refractivity contribution in [2.45, 2.75) is 59.0 Å². The number of carboxylic acids is 1. The number of hydrogen-bond donors (Lipinski definition) is 3. The van der Waals surface area contributed by atoms with E-state index in [0.717, 1.165) is 12.8 Å². The number of carbonyl (C=O) groups is 2. The van der Waals surface area contributed by atoms with Crippen LogP contribution in [0.25, 0.3) is 0 Å². The van der Waals surface area contributed by atoms with Crippen molar-refractivity contribution in [3.63, 3.8) is 0 Å². The summed E-state index contributed by atoms with van der Waals surface area (Å²) in [6, 6.07) is -1.30. The zero-order valence-electron chi connectivity index (χ0n) is 12.9. The molecule has 6 heteroatoms. The van der Waals surface area contributed by atoms with E-state index in [2.05, 4.69) is 5.32 Å². The molecule has 0 aliphatic carbocycles. The van der Waals surface area contributed by atoms with E-state index in [1.807, 2.05) is 27.7 Å². The summed E-state index contributed by atoms with van der Waals surface area (Å²) >= 11 is 0. The van der Waals surface area contributed by atoms with E-state index >= 15 is 0 Å². The molecule has 0 unspecified atom stereocenters. The molecule has 118 valence electrons. The number of carboxylic acid groups (broad SMARTS) is 1. The average Bonchev–Trinajstić information content (AvgIpc) is 2.37. The highest BCUT2D eigenvalue weighted by atomic mass is 16.4. The first-order chi connectivity index (χ1) is 9.37. The molecule has 0 aliphatic heterocycles. The normalized spacial score (nSPS) is 12.6. The highest BCUT2D eigenvalue weighted by molar-refractivity contribution is 5.82. The zero-order valence-corrected chi connectivity index (χ0v) is 12.9. The number of rotatable bonds is 9. The number of amides is 2. The summed E-state index contributed by atoms with van der Waals surface area (Å²) in [5, 5.41) is 20.8. The molecule has 0 aromatic carbocycles. The first kappa shape index (κ1) is 18.7. The van der Waals surface area contributed by atoms with E-state index in [1.54, 1.807) is 0 Å². The molecular weight excluding hydrogens is 260 g/mol. The second-order valence-electron chi connectivity index (χ2n) is 5.36. The first-order valence-electron chi connectivity index (χ1n) is 7.28. The maximum absolute atomic E-state index is 12.2. The van der Waals surface area contributed by atoms with E-state index in [9.17, 15) is 9.59 Å². The molecule has 0 aliphatic rings. The summed E-state index contributed by atoms with van der Waals surface area (Å²) in [6.45, 7) is 7.84. The lowest BCUT2D eigenvalue weighted by Gasteiger charge is -2.31. The molecule has 0 bridgehead atoms. The molecule has 0 saturated heterocycles. The van der Waals surface area contributed by atoms with Gasteiger partial charge >= 0.3 is 12.0 Å². The van der Waals surface area contributed by atoms with Gasteiger partial charge in [-0.05, 0) is 25.2 Å². The second kappa shape index (κ2) is 9.58. The zero-order chi connectivity index (χ0) is 15.7. The fraction of sp³-hybridized carbons (Fsp3) is 0.857. The fourth-order valence-corrected chi connectivity index (χ4v) is 2.21. The van der Waals surface area contributed by atoms with Crippen LogP contribution in [0.15, 0.2) is 0 Å². The molecular formula is C14H28N2O4. The van der Waals surface area contributed by atoms with Crippen LogP contribution in [0.5, 0.6) is 0 Å². The standard InChI is InChI=1S/C14H28N2O4/c1-5-11(6-2)16(7-8-17)14(20)15-12(13(18)19)9-10(3)4/h10-12,17H,5-9H2,1-4H3,(H,15,20)(H,18,19)/t12-/m1/s1. The van der Waals surface area contributed by atoms with Gasteiger partial charge in [0.2, 0.25) is 0 Å². The Labute approximate surface area is 121 Å². The molecule has 0 radical (unpaired) electrons. The third-order valence-corrected chi connectivity index (χ3v) is 3.29. The highest BCUT2D eigenvalue weighted by Crippen LogP contribution is 2.10. The van der Waals surface area contributed by atoms with E-state index < -0.39 is 18.0 Å². The Balaban J connectivity index is 4.82. The van der Waals surface area contributed by atoms with Crippen LogP contribution in [-0.2, 0) is 4.79 Å².